The Kier molecular flexibility index (Phi) is 5.29. The number of hydrogen-bond donors (Lipinski definition) is 1. The van der Waals surface area contributed by atoms with E-state index in [0.29, 0.717) is 15.0 Å². The first kappa shape index (κ1) is 18.4. The first-order valence-corrected chi connectivity index (χ1v) is 9.21. The van der Waals surface area contributed by atoms with Crippen LogP contribution >= 0.6 is 24.0 Å². The van der Waals surface area contributed by atoms with Gasteiger partial charge in [0, 0.05) is 18.2 Å². The van der Waals surface area contributed by atoms with E-state index in [9.17, 15) is 9.59 Å². The predicted octanol–water partition coefficient (Wildman–Crippen LogP) is 4.24. The Hall–Kier alpha value is -2.38. The Balaban J connectivity index is 1.81. The zero-order valence-corrected chi connectivity index (χ0v) is 15.9. The molecule has 1 aliphatic rings. The summed E-state index contributed by atoms with van der Waals surface area (Å²) in [6.07, 6.45) is 1.50. The third kappa shape index (κ3) is 4.05. The molecule has 0 radical (unpaired) electrons. The van der Waals surface area contributed by atoms with Gasteiger partial charge in [0.15, 0.2) is 0 Å². The summed E-state index contributed by atoms with van der Waals surface area (Å²) in [7, 11) is 0. The van der Waals surface area contributed by atoms with Crippen LogP contribution < -0.4 is 0 Å². The van der Waals surface area contributed by atoms with Crippen molar-refractivity contribution in [2.45, 2.75) is 20.3 Å². The summed E-state index contributed by atoms with van der Waals surface area (Å²) in [5, 5.41) is 8.78. The molecule has 2 heterocycles. The Morgan fingerprint density at radius 3 is 2.62 bits per heavy atom. The van der Waals surface area contributed by atoms with E-state index in [2.05, 4.69) is 6.07 Å². The maximum absolute atomic E-state index is 12.4. The van der Waals surface area contributed by atoms with Crippen molar-refractivity contribution < 1.29 is 19.1 Å². The second-order valence-electron chi connectivity index (χ2n) is 6.06. The van der Waals surface area contributed by atoms with Gasteiger partial charge in [0.05, 0.1) is 11.3 Å². The molecule has 1 aliphatic heterocycles. The number of amides is 1. The normalized spacial score (nSPS) is 15.9. The number of benzene rings is 1. The third-order valence-electron chi connectivity index (χ3n) is 3.83. The van der Waals surface area contributed by atoms with Gasteiger partial charge in [-0.05, 0) is 38.1 Å². The average Bonchev–Trinajstić information content (AvgIpc) is 3.11. The highest BCUT2D eigenvalue weighted by Gasteiger charge is 2.32. The number of carbonyl (C=O) groups excluding carboxylic acids is 1. The predicted molar refractivity (Wildman–Crippen MR) is 106 cm³/mol. The molecule has 0 aliphatic carbocycles. The smallest absolute Gasteiger partial charge is 0.305 e. The number of nitrogens with zero attached hydrogens (tertiary/aromatic N) is 1. The van der Waals surface area contributed by atoms with Crippen LogP contribution in [0.3, 0.4) is 0 Å². The van der Waals surface area contributed by atoms with Crippen molar-refractivity contribution in [1.82, 2.24) is 4.90 Å². The molecule has 1 fully saturated rings. The molecule has 0 atom stereocenters. The molecule has 1 aromatic carbocycles. The third-order valence-corrected chi connectivity index (χ3v) is 5.21. The minimum atomic E-state index is -0.966. The number of carboxylic acids is 1. The van der Waals surface area contributed by atoms with Crippen LogP contribution in [0.1, 0.15) is 23.3 Å². The fourth-order valence-electron chi connectivity index (χ4n) is 2.73. The number of hydrogen-bond acceptors (Lipinski definition) is 5. The lowest BCUT2D eigenvalue weighted by Crippen LogP contribution is -2.30. The standard InChI is InChI=1S/C19H17NO4S2/c1-11-7-12(2)9-13(8-11)15-4-3-14(24-15)10-16-18(23)20(19(25)26-16)6-5-17(21)22/h3-4,7-10H,5-6H2,1-2H3,(H,21,22). The summed E-state index contributed by atoms with van der Waals surface area (Å²) in [6, 6.07) is 9.85. The van der Waals surface area contributed by atoms with Gasteiger partial charge in [-0.1, -0.05) is 41.2 Å². The van der Waals surface area contributed by atoms with Crippen molar-refractivity contribution in [1.29, 1.82) is 0 Å². The molecule has 26 heavy (non-hydrogen) atoms. The Morgan fingerprint density at radius 2 is 1.96 bits per heavy atom. The SMILES string of the molecule is Cc1cc(C)cc(-c2ccc(C=C3SC(=S)N(CCC(=O)O)C3=O)o2)c1. The molecule has 0 spiro atoms. The lowest BCUT2D eigenvalue weighted by Gasteiger charge is -2.12. The molecule has 1 amide bonds. The molecule has 2 aromatic rings. The summed E-state index contributed by atoms with van der Waals surface area (Å²) >= 11 is 6.33. The largest absolute Gasteiger partial charge is 0.481 e. The van der Waals surface area contributed by atoms with Gasteiger partial charge in [0.1, 0.15) is 15.8 Å². The Morgan fingerprint density at radius 1 is 1.27 bits per heavy atom. The molecule has 7 heteroatoms. The lowest BCUT2D eigenvalue weighted by atomic mass is 10.1. The molecule has 0 bridgehead atoms. The number of thiocarbonyl (C=S) groups is 1. The number of carbonyl (C=O) groups is 2. The van der Waals surface area contributed by atoms with Crippen LogP contribution in [0.2, 0.25) is 0 Å². The summed E-state index contributed by atoms with van der Waals surface area (Å²) in [4.78, 5) is 24.9. The molecule has 0 unspecified atom stereocenters. The van der Waals surface area contributed by atoms with Gasteiger partial charge >= 0.3 is 5.97 Å². The number of aryl methyl sites for hydroxylation is 2. The van der Waals surface area contributed by atoms with Crippen molar-refractivity contribution in [2.75, 3.05) is 6.54 Å². The van der Waals surface area contributed by atoms with Crippen LogP contribution in [0.25, 0.3) is 17.4 Å². The number of carboxylic acid groups (broad SMARTS) is 1. The molecule has 1 aromatic heterocycles. The Bertz CT molecular complexity index is 909. The van der Waals surface area contributed by atoms with Crippen molar-refractivity contribution >= 4 is 46.3 Å². The molecule has 1 N–H and O–H groups in total. The highest BCUT2D eigenvalue weighted by Crippen LogP contribution is 2.33. The summed E-state index contributed by atoms with van der Waals surface area (Å²) < 4.78 is 6.23. The summed E-state index contributed by atoms with van der Waals surface area (Å²) in [6.45, 7) is 4.13. The van der Waals surface area contributed by atoms with Gasteiger partial charge in [-0.3, -0.25) is 14.5 Å². The van der Waals surface area contributed by atoms with E-state index >= 15 is 0 Å². The minimum absolute atomic E-state index is 0.0727. The van der Waals surface area contributed by atoms with Crippen molar-refractivity contribution in [3.8, 4) is 11.3 Å². The van der Waals surface area contributed by atoms with Gasteiger partial charge < -0.3 is 9.52 Å². The number of furan rings is 1. The van der Waals surface area contributed by atoms with Gasteiger partial charge in [0.2, 0.25) is 0 Å². The van der Waals surface area contributed by atoms with Gasteiger partial charge in [0.25, 0.3) is 5.91 Å². The molecule has 0 saturated carbocycles. The second-order valence-corrected chi connectivity index (χ2v) is 7.73. The van der Waals surface area contributed by atoms with E-state index < -0.39 is 5.97 Å². The van der Waals surface area contributed by atoms with Gasteiger partial charge in [-0.15, -0.1) is 0 Å². The van der Waals surface area contributed by atoms with Crippen LogP contribution in [0, 0.1) is 13.8 Å². The van der Waals surface area contributed by atoms with Gasteiger partial charge in [-0.2, -0.15) is 0 Å². The Labute approximate surface area is 160 Å². The zero-order valence-electron chi connectivity index (χ0n) is 14.3. The van der Waals surface area contributed by atoms with Crippen LogP contribution in [0.4, 0.5) is 0 Å². The molecule has 1 saturated heterocycles. The monoisotopic (exact) mass is 387 g/mol. The van der Waals surface area contributed by atoms with E-state index in [1.165, 1.54) is 4.90 Å². The fourth-order valence-corrected chi connectivity index (χ4v) is 4.02. The van der Waals surface area contributed by atoms with E-state index in [1.54, 1.807) is 12.1 Å². The first-order chi connectivity index (χ1) is 12.3. The summed E-state index contributed by atoms with van der Waals surface area (Å²) in [5.41, 5.74) is 3.28. The first-order valence-electron chi connectivity index (χ1n) is 7.99. The zero-order chi connectivity index (χ0) is 18.8. The summed E-state index contributed by atoms with van der Waals surface area (Å²) in [5.74, 6) is 0.0278. The topological polar surface area (TPSA) is 70.8 Å². The van der Waals surface area contributed by atoms with E-state index in [1.807, 2.05) is 32.0 Å². The van der Waals surface area contributed by atoms with Gasteiger partial charge in [-0.25, -0.2) is 0 Å². The van der Waals surface area contributed by atoms with Crippen molar-refractivity contribution in [2.24, 2.45) is 0 Å². The number of thioether (sulfide) groups is 1. The maximum atomic E-state index is 12.4. The van der Waals surface area contributed by atoms with Crippen LogP contribution in [-0.4, -0.2) is 32.7 Å². The molecule has 3 rings (SSSR count). The second kappa shape index (κ2) is 7.47. The van der Waals surface area contributed by atoms with Crippen LogP contribution in [-0.2, 0) is 9.59 Å². The van der Waals surface area contributed by atoms with Crippen LogP contribution in [0.15, 0.2) is 39.7 Å². The van der Waals surface area contributed by atoms with E-state index in [4.69, 9.17) is 21.7 Å². The maximum Gasteiger partial charge on any atom is 0.305 e. The molecule has 5 nitrogen and oxygen atoms in total. The van der Waals surface area contributed by atoms with Crippen molar-refractivity contribution in [3.05, 3.63) is 52.1 Å². The highest BCUT2D eigenvalue weighted by atomic mass is 32.2. The average molecular weight is 387 g/mol. The molecular weight excluding hydrogens is 370 g/mol. The molecular formula is C19H17NO4S2. The number of rotatable bonds is 5. The van der Waals surface area contributed by atoms with E-state index in [-0.39, 0.29) is 18.9 Å². The van der Waals surface area contributed by atoms with Crippen molar-refractivity contribution in [3.63, 3.8) is 0 Å². The minimum Gasteiger partial charge on any atom is -0.481 e. The quantitative estimate of drug-likeness (QED) is 0.611. The number of aliphatic carboxylic acids is 1. The highest BCUT2D eigenvalue weighted by molar-refractivity contribution is 8.26. The van der Waals surface area contributed by atoms with Crippen LogP contribution in [0.5, 0.6) is 0 Å². The van der Waals surface area contributed by atoms with E-state index in [0.717, 1.165) is 34.2 Å². The fraction of sp³-hybridized carbons (Fsp3) is 0.211. The lowest BCUT2D eigenvalue weighted by molar-refractivity contribution is -0.137. The molecule has 134 valence electrons.